The standard InChI is InChI=1S/C7H11N3O2/c1-5(12-3)7-6(4-11)8-9-10(7)2/h4-5H,1-3H3. The number of ether oxygens (including phenoxy) is 1. The van der Waals surface area contributed by atoms with Gasteiger partial charge in [0.05, 0.1) is 11.8 Å². The highest BCUT2D eigenvalue weighted by atomic mass is 16.5. The van der Waals surface area contributed by atoms with Crippen molar-refractivity contribution in [3.8, 4) is 0 Å². The van der Waals surface area contributed by atoms with Crippen LogP contribution >= 0.6 is 0 Å². The van der Waals surface area contributed by atoms with Crippen LogP contribution in [0.5, 0.6) is 0 Å². The fourth-order valence-electron chi connectivity index (χ4n) is 1.05. The van der Waals surface area contributed by atoms with Gasteiger partial charge in [-0.1, -0.05) is 5.21 Å². The average molecular weight is 169 g/mol. The lowest BCUT2D eigenvalue weighted by molar-refractivity contribution is 0.105. The first-order valence-electron chi connectivity index (χ1n) is 3.58. The lowest BCUT2D eigenvalue weighted by Crippen LogP contribution is -2.06. The van der Waals surface area contributed by atoms with Crippen molar-refractivity contribution >= 4 is 6.29 Å². The Labute approximate surface area is 70.3 Å². The van der Waals surface area contributed by atoms with Gasteiger partial charge in [-0.2, -0.15) is 0 Å². The van der Waals surface area contributed by atoms with Crippen LogP contribution in [0.1, 0.15) is 29.2 Å². The molecule has 0 aliphatic carbocycles. The quantitative estimate of drug-likeness (QED) is 0.612. The maximum absolute atomic E-state index is 10.5. The zero-order valence-corrected chi connectivity index (χ0v) is 7.31. The molecule has 0 radical (unpaired) electrons. The largest absolute Gasteiger partial charge is 0.375 e. The van der Waals surface area contributed by atoms with Crippen molar-refractivity contribution < 1.29 is 9.53 Å². The Kier molecular flexibility index (Phi) is 2.54. The molecule has 66 valence electrons. The lowest BCUT2D eigenvalue weighted by Gasteiger charge is -2.08. The smallest absolute Gasteiger partial charge is 0.172 e. The van der Waals surface area contributed by atoms with Gasteiger partial charge in [0, 0.05) is 14.2 Å². The number of carbonyl (C=O) groups is 1. The van der Waals surface area contributed by atoms with Gasteiger partial charge >= 0.3 is 0 Å². The molecular weight excluding hydrogens is 158 g/mol. The zero-order valence-electron chi connectivity index (χ0n) is 7.31. The second-order valence-corrected chi connectivity index (χ2v) is 2.48. The van der Waals surface area contributed by atoms with Crippen LogP contribution in [-0.2, 0) is 11.8 Å². The van der Waals surface area contributed by atoms with Crippen LogP contribution in [0, 0.1) is 0 Å². The molecular formula is C7H11N3O2. The molecule has 0 aromatic carbocycles. The topological polar surface area (TPSA) is 57.0 Å². The van der Waals surface area contributed by atoms with Gasteiger partial charge in [0.2, 0.25) is 0 Å². The molecule has 0 aliphatic rings. The van der Waals surface area contributed by atoms with Gasteiger partial charge in [0.15, 0.2) is 12.0 Å². The number of aryl methyl sites for hydroxylation is 1. The van der Waals surface area contributed by atoms with E-state index in [4.69, 9.17) is 4.74 Å². The summed E-state index contributed by atoms with van der Waals surface area (Å²) >= 11 is 0. The van der Waals surface area contributed by atoms with Crippen LogP contribution in [0.3, 0.4) is 0 Å². The van der Waals surface area contributed by atoms with Crippen LogP contribution in [-0.4, -0.2) is 28.4 Å². The van der Waals surface area contributed by atoms with Crippen molar-refractivity contribution in [2.24, 2.45) is 7.05 Å². The van der Waals surface area contributed by atoms with Crippen LogP contribution < -0.4 is 0 Å². The molecule has 1 aromatic heterocycles. The minimum Gasteiger partial charge on any atom is -0.375 e. The Hall–Kier alpha value is -1.23. The second-order valence-electron chi connectivity index (χ2n) is 2.48. The third-order valence-electron chi connectivity index (χ3n) is 1.75. The second kappa shape index (κ2) is 3.44. The number of methoxy groups -OCH3 is 1. The summed E-state index contributed by atoms with van der Waals surface area (Å²) in [4.78, 5) is 10.5. The maximum Gasteiger partial charge on any atom is 0.172 e. The molecule has 1 aromatic rings. The number of aromatic nitrogens is 3. The summed E-state index contributed by atoms with van der Waals surface area (Å²) in [6.45, 7) is 1.84. The molecule has 0 N–H and O–H groups in total. The number of hydrogen-bond donors (Lipinski definition) is 0. The zero-order chi connectivity index (χ0) is 9.14. The van der Waals surface area contributed by atoms with E-state index in [-0.39, 0.29) is 6.10 Å². The lowest BCUT2D eigenvalue weighted by atomic mass is 10.2. The highest BCUT2D eigenvalue weighted by Crippen LogP contribution is 2.15. The molecule has 0 bridgehead atoms. The molecule has 12 heavy (non-hydrogen) atoms. The van der Waals surface area contributed by atoms with Crippen molar-refractivity contribution in [3.63, 3.8) is 0 Å². The predicted octanol–water partition coefficient (Wildman–Crippen LogP) is 0.335. The highest BCUT2D eigenvalue weighted by molar-refractivity contribution is 5.73. The molecule has 1 heterocycles. The van der Waals surface area contributed by atoms with E-state index in [0.29, 0.717) is 17.7 Å². The fourth-order valence-corrected chi connectivity index (χ4v) is 1.05. The Morgan fingerprint density at radius 2 is 2.33 bits per heavy atom. The van der Waals surface area contributed by atoms with E-state index in [1.807, 2.05) is 6.92 Å². The Bertz CT molecular complexity index is 282. The molecule has 5 nitrogen and oxygen atoms in total. The van der Waals surface area contributed by atoms with Gasteiger partial charge in [-0.15, -0.1) is 5.10 Å². The van der Waals surface area contributed by atoms with E-state index in [0.717, 1.165) is 0 Å². The normalized spacial score (nSPS) is 12.9. The summed E-state index contributed by atoms with van der Waals surface area (Å²) in [6, 6.07) is 0. The summed E-state index contributed by atoms with van der Waals surface area (Å²) in [5.74, 6) is 0. The molecule has 0 saturated heterocycles. The van der Waals surface area contributed by atoms with Gasteiger partial charge in [-0.25, -0.2) is 4.68 Å². The summed E-state index contributed by atoms with van der Waals surface area (Å²) in [6.07, 6.45) is 0.517. The number of rotatable bonds is 3. The Morgan fingerprint density at radius 1 is 1.67 bits per heavy atom. The predicted molar refractivity (Wildman–Crippen MR) is 41.8 cm³/mol. The van der Waals surface area contributed by atoms with Crippen molar-refractivity contribution in [1.29, 1.82) is 0 Å². The molecule has 0 saturated carbocycles. The van der Waals surface area contributed by atoms with Gasteiger partial charge in [-0.3, -0.25) is 4.79 Å². The Balaban J connectivity index is 3.09. The van der Waals surface area contributed by atoms with Gasteiger partial charge in [-0.05, 0) is 6.92 Å². The number of hydrogen-bond acceptors (Lipinski definition) is 4. The van der Waals surface area contributed by atoms with E-state index in [1.54, 1.807) is 14.2 Å². The van der Waals surface area contributed by atoms with Crippen LogP contribution in [0.25, 0.3) is 0 Å². The summed E-state index contributed by atoms with van der Waals surface area (Å²) in [5, 5.41) is 7.38. The van der Waals surface area contributed by atoms with E-state index < -0.39 is 0 Å². The van der Waals surface area contributed by atoms with Gasteiger partial charge < -0.3 is 4.74 Å². The molecule has 1 atom stereocenters. The number of carbonyl (C=O) groups excluding carboxylic acids is 1. The summed E-state index contributed by atoms with van der Waals surface area (Å²) in [5.41, 5.74) is 1.04. The van der Waals surface area contributed by atoms with E-state index in [1.165, 1.54) is 4.68 Å². The molecule has 0 amide bonds. The Morgan fingerprint density at radius 3 is 2.83 bits per heavy atom. The third-order valence-corrected chi connectivity index (χ3v) is 1.75. The van der Waals surface area contributed by atoms with Crippen molar-refractivity contribution in [3.05, 3.63) is 11.4 Å². The van der Waals surface area contributed by atoms with Crippen LogP contribution in [0.4, 0.5) is 0 Å². The SMILES string of the molecule is COC(C)c1c(C=O)nnn1C. The van der Waals surface area contributed by atoms with E-state index in [2.05, 4.69) is 10.3 Å². The number of nitrogens with zero attached hydrogens (tertiary/aromatic N) is 3. The molecule has 0 aliphatic heterocycles. The van der Waals surface area contributed by atoms with Gasteiger partial charge in [0.25, 0.3) is 0 Å². The summed E-state index contributed by atoms with van der Waals surface area (Å²) in [7, 11) is 3.30. The maximum atomic E-state index is 10.5. The molecule has 1 rings (SSSR count). The third kappa shape index (κ3) is 1.35. The van der Waals surface area contributed by atoms with Gasteiger partial charge in [0.1, 0.15) is 0 Å². The minimum absolute atomic E-state index is 0.162. The highest BCUT2D eigenvalue weighted by Gasteiger charge is 2.15. The van der Waals surface area contributed by atoms with E-state index in [9.17, 15) is 4.79 Å². The minimum atomic E-state index is -0.162. The average Bonchev–Trinajstić information content (AvgIpc) is 2.45. The molecule has 5 heteroatoms. The molecule has 1 unspecified atom stereocenters. The van der Waals surface area contributed by atoms with Crippen LogP contribution in [0.2, 0.25) is 0 Å². The molecule has 0 fully saturated rings. The summed E-state index contributed by atoms with van der Waals surface area (Å²) < 4.78 is 6.60. The molecule has 0 spiro atoms. The fraction of sp³-hybridized carbons (Fsp3) is 0.571. The first-order valence-corrected chi connectivity index (χ1v) is 3.58. The monoisotopic (exact) mass is 169 g/mol. The first-order chi connectivity index (χ1) is 5.70. The number of aldehydes is 1. The van der Waals surface area contributed by atoms with Crippen molar-refractivity contribution in [2.75, 3.05) is 7.11 Å². The van der Waals surface area contributed by atoms with E-state index >= 15 is 0 Å². The van der Waals surface area contributed by atoms with Crippen molar-refractivity contribution in [2.45, 2.75) is 13.0 Å². The van der Waals surface area contributed by atoms with Crippen LogP contribution in [0.15, 0.2) is 0 Å². The first kappa shape index (κ1) is 8.86. The van der Waals surface area contributed by atoms with Crippen molar-refractivity contribution in [1.82, 2.24) is 15.0 Å².